The summed E-state index contributed by atoms with van der Waals surface area (Å²) in [5, 5.41) is 11.7. The highest BCUT2D eigenvalue weighted by Gasteiger charge is 2.19. The first-order valence-electron chi connectivity index (χ1n) is 5.16. The zero-order valence-corrected chi connectivity index (χ0v) is 12.0. The van der Waals surface area contributed by atoms with Gasteiger partial charge < -0.3 is 4.74 Å². The average Bonchev–Trinajstić information content (AvgIpc) is 2.29. The third kappa shape index (κ3) is 3.68. The van der Waals surface area contributed by atoms with Gasteiger partial charge in [-0.3, -0.25) is 14.9 Å². The fourth-order valence-electron chi connectivity index (χ4n) is 1.43. The van der Waals surface area contributed by atoms with Crippen LogP contribution in [-0.4, -0.2) is 17.5 Å². The quantitative estimate of drug-likeness (QED) is 0.358. The van der Waals surface area contributed by atoms with E-state index in [9.17, 15) is 14.9 Å². The first-order valence-corrected chi connectivity index (χ1v) is 6.66. The van der Waals surface area contributed by atoms with Crippen molar-refractivity contribution in [3.8, 4) is 0 Å². The van der Waals surface area contributed by atoms with Gasteiger partial charge in [0.05, 0.1) is 18.0 Å². The van der Waals surface area contributed by atoms with Gasteiger partial charge in [0.1, 0.15) is 0 Å². The molecule has 0 atom stereocenters. The lowest BCUT2D eigenvalue weighted by atomic mass is 10.1. The van der Waals surface area contributed by atoms with Crippen LogP contribution in [0, 0.1) is 10.1 Å². The van der Waals surface area contributed by atoms with Gasteiger partial charge in [0, 0.05) is 22.0 Å². The van der Waals surface area contributed by atoms with Crippen molar-refractivity contribution in [3.63, 3.8) is 0 Å². The summed E-state index contributed by atoms with van der Waals surface area (Å²) in [5.41, 5.74) is 0.742. The van der Waals surface area contributed by atoms with Crippen molar-refractivity contribution in [1.82, 2.24) is 0 Å². The van der Waals surface area contributed by atoms with Crippen LogP contribution in [0.3, 0.4) is 0 Å². The second kappa shape index (κ2) is 6.70. The molecule has 0 amide bonds. The van der Waals surface area contributed by atoms with Gasteiger partial charge >= 0.3 is 5.97 Å². The molecule has 0 heterocycles. The third-order valence-corrected chi connectivity index (χ3v) is 3.18. The topological polar surface area (TPSA) is 69.4 Å². The van der Waals surface area contributed by atoms with E-state index in [4.69, 9.17) is 16.3 Å². The zero-order valence-electron chi connectivity index (χ0n) is 9.61. The fourth-order valence-corrected chi connectivity index (χ4v) is 2.31. The minimum absolute atomic E-state index is 0.123. The second-order valence-electron chi connectivity index (χ2n) is 3.44. The largest absolute Gasteiger partial charge is 0.466 e. The number of hydrogen-bond donors (Lipinski definition) is 0. The van der Waals surface area contributed by atoms with Gasteiger partial charge in [-0.2, -0.15) is 0 Å². The van der Waals surface area contributed by atoms with E-state index < -0.39 is 10.9 Å². The third-order valence-electron chi connectivity index (χ3n) is 2.23. The molecule has 1 aromatic rings. The minimum atomic E-state index is -0.531. The number of benzene rings is 1. The number of halogens is 2. The normalized spacial score (nSPS) is 10.2. The van der Waals surface area contributed by atoms with Crippen LogP contribution in [0.25, 0.3) is 0 Å². The molecule has 1 rings (SSSR count). The van der Waals surface area contributed by atoms with Crippen LogP contribution in [0.4, 0.5) is 5.69 Å². The minimum Gasteiger partial charge on any atom is -0.466 e. The lowest BCUT2D eigenvalue weighted by Gasteiger charge is -2.06. The van der Waals surface area contributed by atoms with E-state index in [-0.39, 0.29) is 24.3 Å². The van der Waals surface area contributed by atoms with Gasteiger partial charge in [0.2, 0.25) is 0 Å². The van der Waals surface area contributed by atoms with Crippen LogP contribution in [0.15, 0.2) is 12.1 Å². The Bertz CT molecular complexity index is 478. The van der Waals surface area contributed by atoms with E-state index >= 15 is 0 Å². The molecule has 18 heavy (non-hydrogen) atoms. The van der Waals surface area contributed by atoms with E-state index in [1.165, 1.54) is 12.1 Å². The summed E-state index contributed by atoms with van der Waals surface area (Å²) in [6.07, 6.45) is -0.160. The Kier molecular flexibility index (Phi) is 5.55. The molecule has 0 saturated carbocycles. The number of nitro groups is 1. The Labute approximate surface area is 117 Å². The molecule has 7 heteroatoms. The molecular weight excluding hydrogens is 325 g/mol. The van der Waals surface area contributed by atoms with E-state index in [1.54, 1.807) is 6.92 Å². The van der Waals surface area contributed by atoms with Crippen molar-refractivity contribution in [2.45, 2.75) is 18.7 Å². The molecule has 0 bridgehead atoms. The summed E-state index contributed by atoms with van der Waals surface area (Å²) in [5.74, 6) is -0.511. The van der Waals surface area contributed by atoms with Crippen LogP contribution < -0.4 is 0 Å². The SMILES string of the molecule is CCOC(=O)Cc1cc(Cl)c(CBr)cc1[N+](=O)[O-]. The van der Waals surface area contributed by atoms with E-state index in [0.717, 1.165) is 0 Å². The monoisotopic (exact) mass is 335 g/mol. The van der Waals surface area contributed by atoms with E-state index in [0.29, 0.717) is 15.9 Å². The number of alkyl halides is 1. The number of nitrogens with zero attached hydrogens (tertiary/aromatic N) is 1. The van der Waals surface area contributed by atoms with Crippen LogP contribution in [0.1, 0.15) is 18.1 Å². The maximum atomic E-state index is 11.4. The van der Waals surface area contributed by atoms with E-state index in [2.05, 4.69) is 15.9 Å². The highest BCUT2D eigenvalue weighted by Crippen LogP contribution is 2.29. The van der Waals surface area contributed by atoms with Crippen molar-refractivity contribution in [2.24, 2.45) is 0 Å². The molecule has 0 unspecified atom stereocenters. The van der Waals surface area contributed by atoms with Crippen molar-refractivity contribution in [1.29, 1.82) is 0 Å². The number of nitro benzene ring substituents is 1. The van der Waals surface area contributed by atoms with Gasteiger partial charge in [-0.05, 0) is 18.6 Å². The maximum absolute atomic E-state index is 11.4. The van der Waals surface area contributed by atoms with Crippen LogP contribution in [-0.2, 0) is 21.3 Å². The summed E-state index contributed by atoms with van der Waals surface area (Å²) in [6.45, 7) is 1.91. The fraction of sp³-hybridized carbons (Fsp3) is 0.364. The Balaban J connectivity index is 3.13. The summed E-state index contributed by atoms with van der Waals surface area (Å²) >= 11 is 9.16. The number of ether oxygens (including phenoxy) is 1. The van der Waals surface area contributed by atoms with Crippen molar-refractivity contribution in [3.05, 3.63) is 38.4 Å². The molecular formula is C11H11BrClNO4. The van der Waals surface area contributed by atoms with Gasteiger partial charge in [0.15, 0.2) is 0 Å². The highest BCUT2D eigenvalue weighted by molar-refractivity contribution is 9.08. The molecule has 0 radical (unpaired) electrons. The number of carbonyl (C=O) groups excluding carboxylic acids is 1. The van der Waals surface area contributed by atoms with Crippen LogP contribution in [0.2, 0.25) is 5.02 Å². The van der Waals surface area contributed by atoms with Crippen molar-refractivity contribution < 1.29 is 14.5 Å². The molecule has 0 saturated heterocycles. The zero-order chi connectivity index (χ0) is 13.7. The Morgan fingerprint density at radius 3 is 2.67 bits per heavy atom. The van der Waals surface area contributed by atoms with Crippen molar-refractivity contribution in [2.75, 3.05) is 6.61 Å². The first-order chi connectivity index (χ1) is 8.49. The van der Waals surface area contributed by atoms with Crippen molar-refractivity contribution >= 4 is 39.2 Å². The molecule has 0 fully saturated rings. The average molecular weight is 337 g/mol. The summed E-state index contributed by atoms with van der Waals surface area (Å²) in [7, 11) is 0. The number of rotatable bonds is 5. The predicted octanol–water partition coefficient (Wildman–Crippen LogP) is 3.25. The maximum Gasteiger partial charge on any atom is 0.310 e. The number of esters is 1. The van der Waals surface area contributed by atoms with Gasteiger partial charge in [-0.1, -0.05) is 27.5 Å². The molecule has 0 aliphatic carbocycles. The number of hydrogen-bond acceptors (Lipinski definition) is 4. The molecule has 0 N–H and O–H groups in total. The summed E-state index contributed by atoms with van der Waals surface area (Å²) < 4.78 is 4.76. The van der Waals surface area contributed by atoms with E-state index in [1.807, 2.05) is 0 Å². The standard InChI is InChI=1S/C11H11BrClNO4/c1-2-18-11(15)5-7-3-9(13)8(6-12)4-10(7)14(16)17/h3-4H,2,5-6H2,1H3. The smallest absolute Gasteiger partial charge is 0.310 e. The lowest BCUT2D eigenvalue weighted by molar-refractivity contribution is -0.385. The predicted molar refractivity (Wildman–Crippen MR) is 71.1 cm³/mol. The second-order valence-corrected chi connectivity index (χ2v) is 4.41. The summed E-state index contributed by atoms with van der Waals surface area (Å²) in [4.78, 5) is 21.8. The Morgan fingerprint density at radius 2 is 2.17 bits per heavy atom. The van der Waals surface area contributed by atoms with Crippen LogP contribution >= 0.6 is 27.5 Å². The molecule has 0 aliphatic rings. The highest BCUT2D eigenvalue weighted by atomic mass is 79.9. The van der Waals surface area contributed by atoms with Gasteiger partial charge in [-0.25, -0.2) is 0 Å². The summed E-state index contributed by atoms with van der Waals surface area (Å²) in [6, 6.07) is 2.80. The number of carbonyl (C=O) groups is 1. The lowest BCUT2D eigenvalue weighted by Crippen LogP contribution is -2.09. The van der Waals surface area contributed by atoms with Crippen LogP contribution in [0.5, 0.6) is 0 Å². The molecule has 0 aromatic heterocycles. The molecule has 0 spiro atoms. The Hall–Kier alpha value is -1.14. The molecule has 98 valence electrons. The first kappa shape index (κ1) is 14.9. The molecule has 1 aromatic carbocycles. The van der Waals surface area contributed by atoms with Gasteiger partial charge in [0.25, 0.3) is 5.69 Å². The molecule has 5 nitrogen and oxygen atoms in total. The Morgan fingerprint density at radius 1 is 1.50 bits per heavy atom. The van der Waals surface area contributed by atoms with Gasteiger partial charge in [-0.15, -0.1) is 0 Å². The molecule has 0 aliphatic heterocycles.